The third-order valence-electron chi connectivity index (χ3n) is 5.13. The van der Waals surface area contributed by atoms with Crippen molar-refractivity contribution in [2.24, 2.45) is 0 Å². The monoisotopic (exact) mass is 454 g/mol. The number of aromatic amines is 1. The highest BCUT2D eigenvalue weighted by Crippen LogP contribution is 2.32. The summed E-state index contributed by atoms with van der Waals surface area (Å²) < 4.78 is 77.2. The van der Waals surface area contributed by atoms with Gasteiger partial charge in [-0.2, -0.15) is 26.3 Å². The first kappa shape index (κ1) is 22.0. The van der Waals surface area contributed by atoms with E-state index in [4.69, 9.17) is 0 Å². The van der Waals surface area contributed by atoms with Crippen LogP contribution in [0.4, 0.5) is 26.3 Å². The summed E-state index contributed by atoms with van der Waals surface area (Å²) in [7, 11) is 0. The number of aromatic nitrogens is 3. The predicted octanol–water partition coefficient (Wildman–Crippen LogP) is 4.43. The molecule has 0 spiro atoms. The van der Waals surface area contributed by atoms with E-state index in [9.17, 15) is 31.1 Å². The lowest BCUT2D eigenvalue weighted by Gasteiger charge is -2.27. The maximum absolute atomic E-state index is 12.9. The predicted molar refractivity (Wildman–Crippen MR) is 102 cm³/mol. The van der Waals surface area contributed by atoms with Crippen LogP contribution in [-0.2, 0) is 31.9 Å². The fourth-order valence-corrected chi connectivity index (χ4v) is 3.55. The number of H-pyrrole nitrogens is 1. The minimum absolute atomic E-state index is 0.130. The lowest BCUT2D eigenvalue weighted by Crippen LogP contribution is -2.36. The molecule has 0 radical (unpaired) electrons. The highest BCUT2D eigenvalue weighted by atomic mass is 19.4. The molecule has 5 nitrogen and oxygen atoms in total. The van der Waals surface area contributed by atoms with Gasteiger partial charge in [-0.3, -0.25) is 14.7 Å². The molecule has 1 aliphatic rings. The minimum Gasteiger partial charge on any atom is -0.303 e. The molecule has 0 atom stereocenters. The van der Waals surface area contributed by atoms with Crippen LogP contribution in [0.1, 0.15) is 28.2 Å². The largest absolute Gasteiger partial charge is 0.449 e. The van der Waals surface area contributed by atoms with Crippen molar-refractivity contribution in [1.29, 1.82) is 0 Å². The molecule has 0 fully saturated rings. The molecule has 1 aliphatic heterocycles. The average Bonchev–Trinajstić information content (AvgIpc) is 2.73. The van der Waals surface area contributed by atoms with Crippen LogP contribution in [0.3, 0.4) is 0 Å². The van der Waals surface area contributed by atoms with Crippen molar-refractivity contribution < 1.29 is 26.3 Å². The summed E-state index contributed by atoms with van der Waals surface area (Å²) in [6.45, 7) is 0.900. The van der Waals surface area contributed by atoms with Crippen LogP contribution in [-0.4, -0.2) is 26.4 Å². The van der Waals surface area contributed by atoms with E-state index < -0.39 is 29.3 Å². The maximum Gasteiger partial charge on any atom is 0.449 e. The summed E-state index contributed by atoms with van der Waals surface area (Å²) >= 11 is 0. The summed E-state index contributed by atoms with van der Waals surface area (Å²) in [5.41, 5.74) is 0.208. The smallest absolute Gasteiger partial charge is 0.303 e. The number of benzene rings is 1. The number of hydrogen-bond donors (Lipinski definition) is 1. The Kier molecular flexibility index (Phi) is 5.53. The Morgan fingerprint density at radius 2 is 1.81 bits per heavy atom. The molecule has 1 aromatic carbocycles. The number of halogens is 6. The van der Waals surface area contributed by atoms with Crippen molar-refractivity contribution in [3.8, 4) is 11.3 Å². The van der Waals surface area contributed by atoms with Gasteiger partial charge in [-0.25, -0.2) is 4.98 Å². The van der Waals surface area contributed by atoms with Gasteiger partial charge in [0.05, 0.1) is 22.5 Å². The molecule has 1 N–H and O–H groups in total. The molecule has 0 aliphatic carbocycles. The summed E-state index contributed by atoms with van der Waals surface area (Å²) in [6, 6.07) is 8.18. The Labute approximate surface area is 177 Å². The first-order chi connectivity index (χ1) is 15.0. The molecule has 3 heterocycles. The van der Waals surface area contributed by atoms with Gasteiger partial charge >= 0.3 is 12.4 Å². The van der Waals surface area contributed by atoms with Crippen molar-refractivity contribution in [2.75, 3.05) is 6.54 Å². The fourth-order valence-electron chi connectivity index (χ4n) is 3.55. The molecule has 3 aromatic rings. The zero-order chi connectivity index (χ0) is 23.1. The molecule has 0 unspecified atom stereocenters. The van der Waals surface area contributed by atoms with Crippen molar-refractivity contribution in [2.45, 2.75) is 31.9 Å². The van der Waals surface area contributed by atoms with Crippen molar-refractivity contribution >= 4 is 0 Å². The maximum atomic E-state index is 12.9. The van der Waals surface area contributed by atoms with Crippen LogP contribution in [0.25, 0.3) is 11.3 Å². The van der Waals surface area contributed by atoms with Gasteiger partial charge in [0.15, 0.2) is 0 Å². The van der Waals surface area contributed by atoms with Gasteiger partial charge in [0.2, 0.25) is 5.82 Å². The second-order valence-electron chi connectivity index (χ2n) is 7.43. The molecule has 32 heavy (non-hydrogen) atoms. The molecule has 168 valence electrons. The number of alkyl halides is 6. The van der Waals surface area contributed by atoms with Gasteiger partial charge in [-0.15, -0.1) is 0 Å². The van der Waals surface area contributed by atoms with Gasteiger partial charge in [-0.1, -0.05) is 18.2 Å². The molecule has 0 bridgehead atoms. The van der Waals surface area contributed by atoms with E-state index in [0.717, 1.165) is 17.7 Å². The van der Waals surface area contributed by atoms with Crippen molar-refractivity contribution in [1.82, 2.24) is 19.9 Å². The second-order valence-corrected chi connectivity index (χ2v) is 7.43. The van der Waals surface area contributed by atoms with Crippen LogP contribution >= 0.6 is 0 Å². The van der Waals surface area contributed by atoms with Crippen molar-refractivity contribution in [3.05, 3.63) is 81.2 Å². The summed E-state index contributed by atoms with van der Waals surface area (Å²) in [5.74, 6) is -1.30. The van der Waals surface area contributed by atoms with E-state index in [0.29, 0.717) is 24.3 Å². The summed E-state index contributed by atoms with van der Waals surface area (Å²) in [4.78, 5) is 23.6. The molecule has 4 rings (SSSR count). The van der Waals surface area contributed by atoms with E-state index in [2.05, 4.69) is 9.97 Å². The SMILES string of the molecule is O=c1[nH]c(C(F)(F)F)nc2c1CN(Cc1ccc(-c3cccc(C(F)(F)F)c3)nc1)CC2. The van der Waals surface area contributed by atoms with Gasteiger partial charge in [-0.05, 0) is 23.8 Å². The Hall–Kier alpha value is -3.21. The zero-order valence-corrected chi connectivity index (χ0v) is 16.4. The number of fused-ring (bicyclic) bond motifs is 1. The number of nitrogens with one attached hydrogen (secondary N) is 1. The highest BCUT2D eigenvalue weighted by Gasteiger charge is 2.36. The van der Waals surface area contributed by atoms with Gasteiger partial charge in [0, 0.05) is 37.8 Å². The third kappa shape index (κ3) is 4.67. The van der Waals surface area contributed by atoms with Crippen LogP contribution in [0, 0.1) is 0 Å². The molecular weight excluding hydrogens is 438 g/mol. The second kappa shape index (κ2) is 8.05. The molecule has 11 heteroatoms. The first-order valence-electron chi connectivity index (χ1n) is 9.55. The number of pyridine rings is 1. The van der Waals surface area contributed by atoms with Gasteiger partial charge in [0.1, 0.15) is 0 Å². The number of nitrogens with zero attached hydrogens (tertiary/aromatic N) is 3. The van der Waals surface area contributed by atoms with Crippen LogP contribution in [0.5, 0.6) is 0 Å². The normalized spacial score (nSPS) is 14.9. The summed E-state index contributed by atoms with van der Waals surface area (Å²) in [5, 5.41) is 0. The number of rotatable bonds is 3. The molecular formula is C21H16F6N4O. The Morgan fingerprint density at radius 3 is 2.47 bits per heavy atom. The topological polar surface area (TPSA) is 61.9 Å². The highest BCUT2D eigenvalue weighted by molar-refractivity contribution is 5.60. The number of hydrogen-bond acceptors (Lipinski definition) is 4. The molecule has 0 amide bonds. The lowest BCUT2D eigenvalue weighted by molar-refractivity contribution is -0.145. The van der Waals surface area contributed by atoms with Gasteiger partial charge < -0.3 is 4.98 Å². The standard InChI is InChI=1S/C21H16F6N4O/c22-20(23,24)14-3-1-2-13(8-14)16-5-4-12(9-28-16)10-31-7-6-17-15(11-31)18(32)30-19(29-17)21(25,26)27/h1-5,8-9H,6-7,10-11H2,(H,29,30,32). The van der Waals surface area contributed by atoms with E-state index in [1.807, 2.05) is 4.90 Å². The minimum atomic E-state index is -4.72. The Balaban J connectivity index is 1.48. The average molecular weight is 454 g/mol. The molecule has 2 aromatic heterocycles. The molecule has 0 saturated heterocycles. The Bertz CT molecular complexity index is 1180. The van der Waals surface area contributed by atoms with Crippen molar-refractivity contribution in [3.63, 3.8) is 0 Å². The van der Waals surface area contributed by atoms with E-state index in [-0.39, 0.29) is 24.2 Å². The van der Waals surface area contributed by atoms with Gasteiger partial charge in [0.25, 0.3) is 5.56 Å². The third-order valence-corrected chi connectivity index (χ3v) is 5.13. The summed E-state index contributed by atoms with van der Waals surface area (Å²) in [6.07, 6.45) is -7.45. The Morgan fingerprint density at radius 1 is 1.03 bits per heavy atom. The quantitative estimate of drug-likeness (QED) is 0.595. The molecule has 0 saturated carbocycles. The fraction of sp³-hybridized carbons (Fsp3) is 0.286. The first-order valence-corrected chi connectivity index (χ1v) is 9.55. The van der Waals surface area contributed by atoms with Crippen LogP contribution in [0.2, 0.25) is 0 Å². The van der Waals surface area contributed by atoms with Crippen LogP contribution < -0.4 is 5.56 Å². The van der Waals surface area contributed by atoms with E-state index in [1.165, 1.54) is 18.3 Å². The van der Waals surface area contributed by atoms with E-state index in [1.54, 1.807) is 17.1 Å². The van der Waals surface area contributed by atoms with Crippen LogP contribution in [0.15, 0.2) is 47.4 Å². The lowest BCUT2D eigenvalue weighted by atomic mass is 10.1. The zero-order valence-electron chi connectivity index (χ0n) is 16.4. The van der Waals surface area contributed by atoms with E-state index >= 15 is 0 Å².